The summed E-state index contributed by atoms with van der Waals surface area (Å²) in [6.45, 7) is 8.78. The monoisotopic (exact) mass is 1040 g/mol. The molecule has 0 aromatic carbocycles. The third-order valence-electron chi connectivity index (χ3n) is 14.2. The predicted octanol–water partition coefficient (Wildman–Crippen LogP) is -6.05. The lowest BCUT2D eigenvalue weighted by Gasteiger charge is -2.40. The molecule has 12 amide bonds. The van der Waals surface area contributed by atoms with Gasteiger partial charge in [-0.25, -0.2) is 19.2 Å². The Morgan fingerprint density at radius 2 is 0.667 bits per heavy atom. The van der Waals surface area contributed by atoms with Crippen LogP contribution in [0, 0.1) is 23.7 Å². The van der Waals surface area contributed by atoms with Gasteiger partial charge < -0.3 is 70.6 Å². The van der Waals surface area contributed by atoms with E-state index >= 15 is 0 Å². The molecule has 8 heterocycles. The first-order valence-electron chi connectivity index (χ1n) is 23.6. The number of hydrogen-bond donors (Lipinski definition) is 14. The minimum atomic E-state index is -1.30. The molecule has 8 fully saturated rings. The van der Waals surface area contributed by atoms with Gasteiger partial charge in [-0.2, -0.15) is 0 Å². The van der Waals surface area contributed by atoms with E-state index in [1.54, 1.807) is 34.6 Å². The maximum atomic E-state index is 11.8. The molecule has 30 nitrogen and oxygen atoms in total. The van der Waals surface area contributed by atoms with Gasteiger partial charge in [-0.1, -0.05) is 20.8 Å². The van der Waals surface area contributed by atoms with Crippen molar-refractivity contribution in [3.05, 3.63) is 0 Å². The number of carbonyl (C=O) groups is 8. The molecular formula is C42H69N9O21. The molecule has 8 aliphatic heterocycles. The van der Waals surface area contributed by atoms with E-state index in [1.165, 1.54) is 21.6 Å². The van der Waals surface area contributed by atoms with E-state index in [2.05, 4.69) is 21.3 Å². The molecule has 0 spiro atoms. The normalized spacial score (nSPS) is 41.1. The highest BCUT2D eigenvalue weighted by atomic mass is 16.6. The van der Waals surface area contributed by atoms with Crippen LogP contribution in [0.2, 0.25) is 0 Å². The second-order valence-corrected chi connectivity index (χ2v) is 18.8. The zero-order chi connectivity index (χ0) is 53.8. The number of imide groups is 4. The maximum absolute atomic E-state index is 11.8. The van der Waals surface area contributed by atoms with Crippen LogP contribution in [0.4, 0.5) is 19.2 Å². The van der Waals surface area contributed by atoms with E-state index in [0.717, 1.165) is 4.90 Å². The molecule has 72 heavy (non-hydrogen) atoms. The second kappa shape index (κ2) is 24.5. The summed E-state index contributed by atoms with van der Waals surface area (Å²) in [5.74, 6) is -3.61. The van der Waals surface area contributed by atoms with E-state index in [4.69, 9.17) is 45.1 Å². The van der Waals surface area contributed by atoms with Crippen molar-refractivity contribution in [2.24, 2.45) is 29.4 Å². The van der Waals surface area contributed by atoms with Crippen LogP contribution in [-0.2, 0) is 38.1 Å². The van der Waals surface area contributed by atoms with Crippen LogP contribution < -0.4 is 27.0 Å². The van der Waals surface area contributed by atoms with Gasteiger partial charge in [0.15, 0.2) is 0 Å². The summed E-state index contributed by atoms with van der Waals surface area (Å²) in [6, 6.07) is -3.03. The summed E-state index contributed by atoms with van der Waals surface area (Å²) >= 11 is 0. The Bertz CT molecular complexity index is 1720. The van der Waals surface area contributed by atoms with Crippen LogP contribution in [0.15, 0.2) is 0 Å². The number of nitrogens with two attached hydrogens (primary N) is 1. The average Bonchev–Trinajstić information content (AvgIpc) is 4.10. The fraction of sp³-hybridized carbons (Fsp3) is 0.810. The number of aliphatic hydroxyl groups excluding tert-OH is 9. The molecule has 20 unspecified atom stereocenters. The van der Waals surface area contributed by atoms with Gasteiger partial charge in [0, 0.05) is 37.8 Å². The highest BCUT2D eigenvalue weighted by Gasteiger charge is 2.50. The van der Waals surface area contributed by atoms with Crippen molar-refractivity contribution in [1.82, 2.24) is 40.9 Å². The first kappa shape index (κ1) is 58.1. The molecule has 8 rings (SSSR count). The highest BCUT2D eigenvalue weighted by molar-refractivity contribution is 6.00. The lowest BCUT2D eigenvalue weighted by Crippen LogP contribution is -2.65. The van der Waals surface area contributed by atoms with Crippen molar-refractivity contribution in [2.45, 2.75) is 165 Å². The van der Waals surface area contributed by atoms with Gasteiger partial charge in [0.1, 0.15) is 55.6 Å². The van der Waals surface area contributed by atoms with Crippen LogP contribution in [0.5, 0.6) is 0 Å². The van der Waals surface area contributed by atoms with E-state index in [9.17, 15) is 63.9 Å². The van der Waals surface area contributed by atoms with E-state index in [-0.39, 0.29) is 87.8 Å². The van der Waals surface area contributed by atoms with Crippen LogP contribution in [-0.4, -0.2) is 238 Å². The van der Waals surface area contributed by atoms with E-state index < -0.39 is 134 Å². The van der Waals surface area contributed by atoms with Gasteiger partial charge in [0.2, 0.25) is 23.6 Å². The quantitative estimate of drug-likeness (QED) is 0.108. The topological polar surface area (TPSA) is 443 Å². The molecule has 20 atom stereocenters. The molecule has 30 heteroatoms. The van der Waals surface area contributed by atoms with Crippen molar-refractivity contribution < 1.29 is 103 Å². The zero-order valence-corrected chi connectivity index (χ0v) is 40.5. The van der Waals surface area contributed by atoms with Crippen LogP contribution in [0.3, 0.4) is 0 Å². The van der Waals surface area contributed by atoms with Crippen molar-refractivity contribution >= 4 is 47.8 Å². The maximum Gasteiger partial charge on any atom is 0.328 e. The Labute approximate surface area is 412 Å². The number of nitrogens with zero attached hydrogens (tertiary/aromatic N) is 4. The first-order chi connectivity index (χ1) is 33.8. The predicted molar refractivity (Wildman–Crippen MR) is 237 cm³/mol. The average molecular weight is 1040 g/mol. The Hall–Kier alpha value is -4.80. The number of urea groups is 4. The fourth-order valence-corrected chi connectivity index (χ4v) is 9.06. The van der Waals surface area contributed by atoms with E-state index in [0.29, 0.717) is 0 Å². The lowest BCUT2D eigenvalue weighted by atomic mass is 9.98. The molecule has 0 saturated carbocycles. The number of aliphatic hydroxyl groups is 9. The molecule has 0 radical (unpaired) electrons. The Balaban J connectivity index is 0.000000178. The summed E-state index contributed by atoms with van der Waals surface area (Å²) < 4.78 is 21.5. The number of rotatable bonds is 8. The standard InChI is InChI=1S/2C11H18N2O5.C10H17N3O5.C10H16N2O6/c2*1-5-6(2)13(11(17)12-10(5)16)9-3-7(15)8(4-14)18-9;1-4-8(11)13(10(17)12-9(4)16)7-2-5(15)6(3-14)18-7;1-4-8(15)11-10(17)12(9(4)16)7-2-5(14)6(3-13)18-7/h2*5-9,14-15H,3-4H2,1-2H3,(H,12,16,17);4-8,14-15H,2-3,11H2,1H3,(H,12,16,17);4-7,9,13-14,16H,2-3H2,1H3,(H,11,15,17). The number of hydrogen-bond acceptors (Lipinski definition) is 22. The summed E-state index contributed by atoms with van der Waals surface area (Å²) in [7, 11) is 0. The molecule has 0 aromatic rings. The summed E-state index contributed by atoms with van der Waals surface area (Å²) in [6.07, 6.45) is -10.4. The molecule has 0 bridgehead atoms. The molecule has 0 aliphatic carbocycles. The summed E-state index contributed by atoms with van der Waals surface area (Å²) in [4.78, 5) is 97.7. The van der Waals surface area contributed by atoms with Gasteiger partial charge in [-0.3, -0.25) is 60.0 Å². The Kier molecular flexibility index (Phi) is 19.8. The van der Waals surface area contributed by atoms with Crippen LogP contribution in [0.1, 0.15) is 67.2 Å². The number of amides is 12. The van der Waals surface area contributed by atoms with Crippen LogP contribution in [0.25, 0.3) is 0 Å². The molecule has 8 saturated heterocycles. The molecule has 8 aliphatic rings. The van der Waals surface area contributed by atoms with Gasteiger partial charge >= 0.3 is 24.1 Å². The number of nitrogens with one attached hydrogen (secondary N) is 4. The van der Waals surface area contributed by atoms with E-state index in [1.807, 2.05) is 0 Å². The molecule has 0 aromatic heterocycles. The van der Waals surface area contributed by atoms with Gasteiger partial charge in [0.05, 0.1) is 80.7 Å². The van der Waals surface area contributed by atoms with Gasteiger partial charge in [-0.05, 0) is 20.8 Å². The van der Waals surface area contributed by atoms with Crippen molar-refractivity contribution in [3.8, 4) is 0 Å². The Morgan fingerprint density at radius 1 is 0.417 bits per heavy atom. The summed E-state index contributed by atoms with van der Waals surface area (Å²) in [5.41, 5.74) is 5.84. The highest BCUT2D eigenvalue weighted by Crippen LogP contribution is 2.32. The number of ether oxygens (including phenoxy) is 4. The number of carbonyl (C=O) groups excluding carboxylic acids is 8. The largest absolute Gasteiger partial charge is 0.394 e. The Morgan fingerprint density at radius 3 is 0.972 bits per heavy atom. The minimum Gasteiger partial charge on any atom is -0.394 e. The smallest absolute Gasteiger partial charge is 0.328 e. The summed E-state index contributed by atoms with van der Waals surface area (Å²) in [5, 5.41) is 93.2. The van der Waals surface area contributed by atoms with Crippen LogP contribution >= 0.6 is 0 Å². The van der Waals surface area contributed by atoms with Crippen molar-refractivity contribution in [2.75, 3.05) is 26.4 Å². The molecule has 408 valence electrons. The van der Waals surface area contributed by atoms with Gasteiger partial charge in [0.25, 0.3) is 0 Å². The molecule has 15 N–H and O–H groups in total. The van der Waals surface area contributed by atoms with Gasteiger partial charge in [-0.15, -0.1) is 0 Å². The SMILES string of the molecule is CC1C(=O)NC(=O)N(C2CC(O)C(CO)O2)C1C.CC1C(=O)NC(=O)N(C2CC(O)C(CO)O2)C1C.CC1C(=O)NC(=O)N(C2CC(O)C(CO)O2)C1N.CC1C(=O)NC(=O)N(C2CC(O)C(CO)O2)C1O. The minimum absolute atomic E-state index is 0.0800. The van der Waals surface area contributed by atoms with Crippen molar-refractivity contribution in [1.29, 1.82) is 0 Å². The first-order valence-corrected chi connectivity index (χ1v) is 23.6. The second-order valence-electron chi connectivity index (χ2n) is 18.8. The third kappa shape index (κ3) is 12.4. The lowest BCUT2D eigenvalue weighted by molar-refractivity contribution is -0.153. The van der Waals surface area contributed by atoms with Crippen molar-refractivity contribution in [3.63, 3.8) is 0 Å². The molecular weight excluding hydrogens is 967 g/mol. The third-order valence-corrected chi connectivity index (χ3v) is 14.2. The zero-order valence-electron chi connectivity index (χ0n) is 40.5. The fourth-order valence-electron chi connectivity index (χ4n) is 9.06.